The first-order valence-electron chi connectivity index (χ1n) is 8.02. The summed E-state index contributed by atoms with van der Waals surface area (Å²) < 4.78 is 10.9. The molecule has 7 heteroatoms. The number of benzene rings is 2. The van der Waals surface area contributed by atoms with Gasteiger partial charge in [0.05, 0.1) is 31.1 Å². The summed E-state index contributed by atoms with van der Waals surface area (Å²) in [6.07, 6.45) is 1.50. The van der Waals surface area contributed by atoms with Gasteiger partial charge >= 0.3 is 0 Å². The molecule has 0 fully saturated rings. The normalized spacial score (nSPS) is 10.4. The van der Waals surface area contributed by atoms with Crippen LogP contribution in [0.1, 0.15) is 10.4 Å². The van der Waals surface area contributed by atoms with Crippen molar-refractivity contribution in [3.63, 3.8) is 0 Å². The molecular weight excluding hydrogens is 354 g/mol. The molecule has 1 aromatic heterocycles. The number of aromatic nitrogens is 2. The Morgan fingerprint density at radius 2 is 1.88 bits per heavy atom. The molecule has 0 saturated carbocycles. The van der Waals surface area contributed by atoms with Crippen molar-refractivity contribution in [2.45, 2.75) is 0 Å². The zero-order valence-electron chi connectivity index (χ0n) is 14.2. The fourth-order valence-electron chi connectivity index (χ4n) is 2.45. The maximum absolute atomic E-state index is 12.4. The van der Waals surface area contributed by atoms with Gasteiger partial charge < -0.3 is 14.8 Å². The molecule has 0 atom stereocenters. The lowest BCUT2D eigenvalue weighted by Crippen LogP contribution is -2.28. The number of halogens is 1. The summed E-state index contributed by atoms with van der Waals surface area (Å²) in [5, 5.41) is 10.3. The molecule has 26 heavy (non-hydrogen) atoms. The summed E-state index contributed by atoms with van der Waals surface area (Å²) in [4.78, 5) is 12.4. The lowest BCUT2D eigenvalue weighted by atomic mass is 10.1. The summed E-state index contributed by atoms with van der Waals surface area (Å²) in [7, 11) is 1.58. The van der Waals surface area contributed by atoms with Gasteiger partial charge in [0.15, 0.2) is 11.5 Å². The van der Waals surface area contributed by atoms with E-state index in [9.17, 15) is 4.79 Å². The van der Waals surface area contributed by atoms with Crippen LogP contribution in [0.2, 0.25) is 5.02 Å². The number of hydrogen-bond acceptors (Lipinski definition) is 4. The number of ether oxygens (including phenoxy) is 2. The summed E-state index contributed by atoms with van der Waals surface area (Å²) in [5.74, 6) is 1.06. The van der Waals surface area contributed by atoms with E-state index in [1.54, 1.807) is 19.2 Å². The first-order valence-corrected chi connectivity index (χ1v) is 8.40. The van der Waals surface area contributed by atoms with Crippen LogP contribution in [0.5, 0.6) is 11.5 Å². The van der Waals surface area contributed by atoms with E-state index < -0.39 is 0 Å². The second kappa shape index (κ2) is 8.40. The molecule has 0 bridgehead atoms. The third-order valence-corrected chi connectivity index (χ3v) is 3.98. The Hall–Kier alpha value is -2.99. The molecule has 2 aromatic carbocycles. The standard InChI is InChI=1S/C19H18ClN3O3/c1-25-16-4-2-3-5-17(16)26-11-10-21-19(24)15-12-22-23-18(15)13-6-8-14(20)9-7-13/h2-9,12H,10-11H2,1H3,(H,21,24)(H,22,23). The fraction of sp³-hybridized carbons (Fsp3) is 0.158. The van der Waals surface area contributed by atoms with Gasteiger partial charge in [0.25, 0.3) is 5.91 Å². The van der Waals surface area contributed by atoms with Crippen LogP contribution in [0.25, 0.3) is 11.3 Å². The van der Waals surface area contributed by atoms with Crippen molar-refractivity contribution in [1.82, 2.24) is 15.5 Å². The van der Waals surface area contributed by atoms with E-state index in [2.05, 4.69) is 15.5 Å². The van der Waals surface area contributed by atoms with Crippen LogP contribution < -0.4 is 14.8 Å². The molecule has 0 radical (unpaired) electrons. The molecule has 0 unspecified atom stereocenters. The molecule has 3 aromatic rings. The van der Waals surface area contributed by atoms with Gasteiger partial charge in [0.1, 0.15) is 6.61 Å². The Balaban J connectivity index is 1.58. The second-order valence-electron chi connectivity index (χ2n) is 5.42. The molecule has 0 aliphatic rings. The molecule has 0 aliphatic carbocycles. The molecule has 1 heterocycles. The molecule has 0 saturated heterocycles. The Morgan fingerprint density at radius 1 is 1.15 bits per heavy atom. The number of methoxy groups -OCH3 is 1. The number of rotatable bonds is 7. The van der Waals surface area contributed by atoms with Crippen molar-refractivity contribution in [2.75, 3.05) is 20.3 Å². The Labute approximate surface area is 156 Å². The molecule has 0 aliphatic heterocycles. The van der Waals surface area contributed by atoms with Gasteiger partial charge in [-0.25, -0.2) is 0 Å². The summed E-state index contributed by atoms with van der Waals surface area (Å²) in [6, 6.07) is 14.5. The van der Waals surface area contributed by atoms with Gasteiger partial charge in [0.2, 0.25) is 0 Å². The van der Waals surface area contributed by atoms with E-state index in [0.717, 1.165) is 5.56 Å². The maximum atomic E-state index is 12.4. The van der Waals surface area contributed by atoms with E-state index in [-0.39, 0.29) is 5.91 Å². The van der Waals surface area contributed by atoms with Gasteiger partial charge in [-0.2, -0.15) is 5.10 Å². The van der Waals surface area contributed by atoms with Crippen molar-refractivity contribution in [3.05, 3.63) is 65.3 Å². The number of carbonyl (C=O) groups is 1. The zero-order chi connectivity index (χ0) is 18.4. The van der Waals surface area contributed by atoms with E-state index in [0.29, 0.717) is 40.9 Å². The summed E-state index contributed by atoms with van der Waals surface area (Å²) >= 11 is 5.90. The highest BCUT2D eigenvalue weighted by molar-refractivity contribution is 6.30. The molecule has 2 N–H and O–H groups in total. The predicted molar refractivity (Wildman–Crippen MR) is 99.9 cm³/mol. The largest absolute Gasteiger partial charge is 0.493 e. The van der Waals surface area contributed by atoms with E-state index >= 15 is 0 Å². The van der Waals surface area contributed by atoms with Crippen LogP contribution in [0, 0.1) is 0 Å². The SMILES string of the molecule is COc1ccccc1OCCNC(=O)c1cn[nH]c1-c1ccc(Cl)cc1. The average molecular weight is 372 g/mol. The molecule has 134 valence electrons. The maximum Gasteiger partial charge on any atom is 0.255 e. The molecule has 0 spiro atoms. The number of hydrogen-bond donors (Lipinski definition) is 2. The van der Waals surface area contributed by atoms with Gasteiger partial charge in [-0.3, -0.25) is 9.89 Å². The number of para-hydroxylation sites is 2. The highest BCUT2D eigenvalue weighted by atomic mass is 35.5. The van der Waals surface area contributed by atoms with E-state index in [1.165, 1.54) is 6.20 Å². The van der Waals surface area contributed by atoms with Gasteiger partial charge in [-0.1, -0.05) is 35.9 Å². The molecular formula is C19H18ClN3O3. The smallest absolute Gasteiger partial charge is 0.255 e. The second-order valence-corrected chi connectivity index (χ2v) is 5.86. The number of aromatic amines is 1. The van der Waals surface area contributed by atoms with Crippen LogP contribution in [-0.4, -0.2) is 36.4 Å². The fourth-order valence-corrected chi connectivity index (χ4v) is 2.58. The lowest BCUT2D eigenvalue weighted by molar-refractivity contribution is 0.0947. The minimum atomic E-state index is -0.229. The quantitative estimate of drug-likeness (QED) is 0.623. The molecule has 3 rings (SSSR count). The monoisotopic (exact) mass is 371 g/mol. The third kappa shape index (κ3) is 4.15. The van der Waals surface area contributed by atoms with Gasteiger partial charge in [-0.15, -0.1) is 0 Å². The first kappa shape index (κ1) is 17.8. The highest BCUT2D eigenvalue weighted by Crippen LogP contribution is 2.25. The number of amides is 1. The highest BCUT2D eigenvalue weighted by Gasteiger charge is 2.15. The summed E-state index contributed by atoms with van der Waals surface area (Å²) in [5.41, 5.74) is 1.94. The van der Waals surface area contributed by atoms with Crippen LogP contribution in [0.15, 0.2) is 54.7 Å². The first-order chi connectivity index (χ1) is 12.7. The summed E-state index contributed by atoms with van der Waals surface area (Å²) in [6.45, 7) is 0.669. The van der Waals surface area contributed by atoms with Crippen molar-refractivity contribution in [2.24, 2.45) is 0 Å². The minimum Gasteiger partial charge on any atom is -0.493 e. The van der Waals surface area contributed by atoms with E-state index in [4.69, 9.17) is 21.1 Å². The van der Waals surface area contributed by atoms with Crippen molar-refractivity contribution >= 4 is 17.5 Å². The van der Waals surface area contributed by atoms with Gasteiger partial charge in [0, 0.05) is 10.6 Å². The predicted octanol–water partition coefficient (Wildman–Crippen LogP) is 3.55. The minimum absolute atomic E-state index is 0.229. The molecule has 6 nitrogen and oxygen atoms in total. The topological polar surface area (TPSA) is 76.2 Å². The average Bonchev–Trinajstić information content (AvgIpc) is 3.16. The zero-order valence-corrected chi connectivity index (χ0v) is 14.9. The van der Waals surface area contributed by atoms with Gasteiger partial charge in [-0.05, 0) is 24.3 Å². The van der Waals surface area contributed by atoms with Crippen molar-refractivity contribution < 1.29 is 14.3 Å². The van der Waals surface area contributed by atoms with Crippen LogP contribution in [0.4, 0.5) is 0 Å². The Bertz CT molecular complexity index is 878. The number of carbonyl (C=O) groups excluding carboxylic acids is 1. The lowest BCUT2D eigenvalue weighted by Gasteiger charge is -2.11. The van der Waals surface area contributed by atoms with Crippen LogP contribution >= 0.6 is 11.6 Å². The van der Waals surface area contributed by atoms with Crippen molar-refractivity contribution in [1.29, 1.82) is 0 Å². The Morgan fingerprint density at radius 3 is 2.62 bits per heavy atom. The molecule has 1 amide bonds. The van der Waals surface area contributed by atoms with Crippen molar-refractivity contribution in [3.8, 4) is 22.8 Å². The number of nitrogens with one attached hydrogen (secondary N) is 2. The number of H-pyrrole nitrogens is 1. The Kier molecular flexibility index (Phi) is 5.76. The van der Waals surface area contributed by atoms with Crippen LogP contribution in [-0.2, 0) is 0 Å². The number of nitrogens with zero attached hydrogens (tertiary/aromatic N) is 1. The third-order valence-electron chi connectivity index (χ3n) is 3.73. The van der Waals surface area contributed by atoms with Crippen LogP contribution in [0.3, 0.4) is 0 Å². The van der Waals surface area contributed by atoms with E-state index in [1.807, 2.05) is 36.4 Å².